The van der Waals surface area contributed by atoms with Crippen LogP contribution < -0.4 is 5.32 Å². The summed E-state index contributed by atoms with van der Waals surface area (Å²) < 4.78 is 21.1. The number of aldehydes is 1. The van der Waals surface area contributed by atoms with Gasteiger partial charge < -0.3 is 10.1 Å². The Morgan fingerprint density at radius 1 is 1.14 bits per heavy atom. The minimum absolute atomic E-state index is 0.417. The lowest BCUT2D eigenvalue weighted by atomic mass is 9.75. The Balaban J connectivity index is -0.000000472. The number of rotatable bonds is 6. The molecule has 2 unspecified atom stereocenters. The molecule has 1 N–H and O–H groups in total. The van der Waals surface area contributed by atoms with Crippen molar-refractivity contribution >= 4 is 6.29 Å². The van der Waals surface area contributed by atoms with Crippen molar-refractivity contribution in [2.45, 2.75) is 66.7 Å². The molecule has 0 aromatic carbocycles. The van der Waals surface area contributed by atoms with E-state index in [9.17, 15) is 13.6 Å². The monoisotopic (exact) mass is 411 g/mol. The largest absolute Gasteiger partial charge is 0.385 e. The predicted octanol–water partition coefficient (Wildman–Crippen LogP) is 7.67. The molecule has 0 radical (unpaired) electrons. The molecule has 0 spiro atoms. The Morgan fingerprint density at radius 3 is 2.14 bits per heavy atom. The SMILES string of the molecule is C/C=C/F.C=CCC1CNC2=CCCC=C2C1CCC=O.C=CCF.CC.CC. The normalized spacial score (nSPS) is 18.6. The molecule has 168 valence electrons. The van der Waals surface area contributed by atoms with Crippen LogP contribution in [0.1, 0.15) is 66.7 Å². The second-order valence-corrected chi connectivity index (χ2v) is 5.77. The molecule has 2 atom stereocenters. The van der Waals surface area contributed by atoms with Gasteiger partial charge in [0.05, 0.1) is 6.33 Å². The number of fused-ring (bicyclic) bond motifs is 1. The fourth-order valence-corrected chi connectivity index (χ4v) is 2.96. The Bertz CT molecular complexity index is 477. The Morgan fingerprint density at radius 2 is 1.69 bits per heavy atom. The summed E-state index contributed by atoms with van der Waals surface area (Å²) in [5, 5.41) is 3.52. The number of carbonyl (C=O) groups is 1. The van der Waals surface area contributed by atoms with Gasteiger partial charge in [0.25, 0.3) is 0 Å². The number of allylic oxidation sites excluding steroid dienone is 6. The molecule has 2 rings (SSSR count). The summed E-state index contributed by atoms with van der Waals surface area (Å²) in [6.07, 6.45) is 15.7. The molecule has 2 nitrogen and oxygen atoms in total. The van der Waals surface area contributed by atoms with Crippen molar-refractivity contribution in [3.63, 3.8) is 0 Å². The zero-order valence-electron chi connectivity index (χ0n) is 19.2. The summed E-state index contributed by atoms with van der Waals surface area (Å²) in [6.45, 7) is 17.2. The van der Waals surface area contributed by atoms with Crippen molar-refractivity contribution in [3.8, 4) is 0 Å². The van der Waals surface area contributed by atoms with Crippen LogP contribution in [0.2, 0.25) is 0 Å². The zero-order chi connectivity index (χ0) is 22.9. The summed E-state index contributed by atoms with van der Waals surface area (Å²) in [5.74, 6) is 1.12. The molecule has 1 heterocycles. The summed E-state index contributed by atoms with van der Waals surface area (Å²) in [7, 11) is 0. The van der Waals surface area contributed by atoms with E-state index in [0.29, 0.717) is 24.6 Å². The van der Waals surface area contributed by atoms with Gasteiger partial charge in [-0.1, -0.05) is 58.1 Å². The number of alkyl halides is 1. The van der Waals surface area contributed by atoms with Gasteiger partial charge in [0.1, 0.15) is 13.0 Å². The lowest BCUT2D eigenvalue weighted by Crippen LogP contribution is -2.37. The zero-order valence-corrected chi connectivity index (χ0v) is 19.2. The number of carbonyl (C=O) groups excluding carboxylic acids is 1. The van der Waals surface area contributed by atoms with E-state index >= 15 is 0 Å². The minimum Gasteiger partial charge on any atom is -0.385 e. The van der Waals surface area contributed by atoms with Crippen molar-refractivity contribution in [2.75, 3.05) is 13.2 Å². The minimum atomic E-state index is -0.417. The second kappa shape index (κ2) is 26.0. The third-order valence-electron chi connectivity index (χ3n) is 4.01. The summed E-state index contributed by atoms with van der Waals surface area (Å²) in [4.78, 5) is 10.6. The Hall–Kier alpha value is -1.97. The molecular weight excluding hydrogens is 368 g/mol. The maximum atomic E-state index is 10.6. The molecule has 1 fully saturated rings. The predicted molar refractivity (Wildman–Crippen MR) is 125 cm³/mol. The number of nitrogens with one attached hydrogen (secondary N) is 1. The topological polar surface area (TPSA) is 29.1 Å². The van der Waals surface area contributed by atoms with Gasteiger partial charge >= 0.3 is 0 Å². The average Bonchev–Trinajstić information content (AvgIpc) is 2.81. The van der Waals surface area contributed by atoms with Crippen molar-refractivity contribution in [3.05, 3.63) is 61.1 Å². The third-order valence-corrected chi connectivity index (χ3v) is 4.01. The molecule has 4 heteroatoms. The van der Waals surface area contributed by atoms with E-state index in [4.69, 9.17) is 0 Å². The van der Waals surface area contributed by atoms with E-state index in [1.807, 2.05) is 33.8 Å². The van der Waals surface area contributed by atoms with Crippen LogP contribution in [0.3, 0.4) is 0 Å². The third kappa shape index (κ3) is 15.6. The number of piperidine rings is 1. The summed E-state index contributed by atoms with van der Waals surface area (Å²) in [6, 6.07) is 0. The van der Waals surface area contributed by atoms with E-state index in [-0.39, 0.29) is 0 Å². The Kier molecular flexibility index (Phi) is 28.5. The van der Waals surface area contributed by atoms with E-state index in [1.165, 1.54) is 23.4 Å². The fourth-order valence-electron chi connectivity index (χ4n) is 2.96. The maximum Gasteiger partial charge on any atom is 0.120 e. The quantitative estimate of drug-likeness (QED) is 0.359. The number of halogens is 2. The maximum absolute atomic E-state index is 10.6. The van der Waals surface area contributed by atoms with Gasteiger partial charge in [-0.3, -0.25) is 0 Å². The van der Waals surface area contributed by atoms with Gasteiger partial charge in [0.2, 0.25) is 0 Å². The second-order valence-electron chi connectivity index (χ2n) is 5.77. The van der Waals surface area contributed by atoms with Crippen LogP contribution >= 0.6 is 0 Å². The molecule has 0 saturated carbocycles. The van der Waals surface area contributed by atoms with Crippen LogP contribution in [0.5, 0.6) is 0 Å². The van der Waals surface area contributed by atoms with E-state index < -0.39 is 6.67 Å². The first kappa shape index (κ1) is 31.7. The first-order valence-electron chi connectivity index (χ1n) is 10.8. The van der Waals surface area contributed by atoms with E-state index in [2.05, 4.69) is 30.6 Å². The van der Waals surface area contributed by atoms with Crippen LogP contribution in [0.4, 0.5) is 8.78 Å². The van der Waals surface area contributed by atoms with Crippen LogP contribution in [0.15, 0.2) is 61.1 Å². The van der Waals surface area contributed by atoms with Crippen LogP contribution in [-0.4, -0.2) is 19.5 Å². The fraction of sp³-hybridized carbons (Fsp3) is 0.560. The lowest BCUT2D eigenvalue weighted by molar-refractivity contribution is -0.108. The first-order valence-corrected chi connectivity index (χ1v) is 10.8. The highest BCUT2D eigenvalue weighted by atomic mass is 19.1. The van der Waals surface area contributed by atoms with Gasteiger partial charge in [0.15, 0.2) is 0 Å². The van der Waals surface area contributed by atoms with Crippen molar-refractivity contribution in [2.24, 2.45) is 11.8 Å². The van der Waals surface area contributed by atoms with Gasteiger partial charge in [0, 0.05) is 18.7 Å². The van der Waals surface area contributed by atoms with Gasteiger partial charge in [-0.15, -0.1) is 13.2 Å². The summed E-state index contributed by atoms with van der Waals surface area (Å²) in [5.41, 5.74) is 2.75. The molecule has 1 saturated heterocycles. The van der Waals surface area contributed by atoms with Gasteiger partial charge in [-0.05, 0) is 50.0 Å². The molecule has 0 aromatic rings. The molecule has 1 aliphatic heterocycles. The molecule has 29 heavy (non-hydrogen) atoms. The van der Waals surface area contributed by atoms with Crippen LogP contribution in [-0.2, 0) is 4.79 Å². The highest BCUT2D eigenvalue weighted by molar-refractivity contribution is 5.49. The number of hydrogen-bond donors (Lipinski definition) is 1. The molecular formula is C25H43F2NO. The molecule has 0 aromatic heterocycles. The van der Waals surface area contributed by atoms with Gasteiger partial charge in [-0.25, -0.2) is 8.78 Å². The van der Waals surface area contributed by atoms with Crippen LogP contribution in [0, 0.1) is 11.8 Å². The Labute approximate surface area is 178 Å². The first-order chi connectivity index (χ1) is 14.2. The molecule has 0 bridgehead atoms. The smallest absolute Gasteiger partial charge is 0.120 e. The van der Waals surface area contributed by atoms with Crippen molar-refractivity contribution in [1.29, 1.82) is 0 Å². The van der Waals surface area contributed by atoms with Crippen LogP contribution in [0.25, 0.3) is 0 Å². The molecule has 1 aliphatic carbocycles. The van der Waals surface area contributed by atoms with Crippen molar-refractivity contribution in [1.82, 2.24) is 5.32 Å². The lowest BCUT2D eigenvalue weighted by Gasteiger charge is -2.37. The average molecular weight is 412 g/mol. The number of hydrogen-bond acceptors (Lipinski definition) is 2. The highest BCUT2D eigenvalue weighted by Gasteiger charge is 2.30. The van der Waals surface area contributed by atoms with Gasteiger partial charge in [-0.2, -0.15) is 0 Å². The molecule has 2 aliphatic rings. The highest BCUT2D eigenvalue weighted by Crippen LogP contribution is 2.37. The van der Waals surface area contributed by atoms with E-state index in [1.54, 1.807) is 6.92 Å². The molecule has 0 amide bonds. The summed E-state index contributed by atoms with van der Waals surface area (Å²) >= 11 is 0. The van der Waals surface area contributed by atoms with E-state index in [0.717, 1.165) is 38.5 Å². The van der Waals surface area contributed by atoms with Crippen molar-refractivity contribution < 1.29 is 13.6 Å². The standard InChI is InChI=1S/C15H21NO.2C3H5F.2C2H6/c1-2-6-12-11-16-15-9-4-3-7-14(15)13(12)8-5-10-17;2*1-2-3-4;2*1-2/h2,7,9-10,12-13,16H,1,3-6,8,11H2;2-3H,1H3;2H,1,3H2;2*1-2H3/b;3-2+;;;.